The average molecular weight is 423 g/mol. The lowest BCUT2D eigenvalue weighted by Gasteiger charge is -2.37. The number of benzene rings is 1. The first-order valence-corrected chi connectivity index (χ1v) is 12.0. The molecule has 3 heterocycles. The summed E-state index contributed by atoms with van der Waals surface area (Å²) in [4.78, 5) is 6.49. The van der Waals surface area contributed by atoms with Crippen molar-refractivity contribution in [2.45, 2.75) is 31.5 Å². The lowest BCUT2D eigenvalue weighted by molar-refractivity contribution is -0.0816. The summed E-state index contributed by atoms with van der Waals surface area (Å²) in [6.07, 6.45) is 3.05. The van der Waals surface area contributed by atoms with Crippen molar-refractivity contribution in [2.24, 2.45) is 4.99 Å². The fourth-order valence-corrected chi connectivity index (χ4v) is 5.75. The number of fused-ring (bicyclic) bond motifs is 1. The van der Waals surface area contributed by atoms with Crippen molar-refractivity contribution in [1.82, 2.24) is 10.2 Å². The van der Waals surface area contributed by atoms with Gasteiger partial charge in [-0.25, -0.2) is 8.42 Å². The van der Waals surface area contributed by atoms with Gasteiger partial charge in [-0.15, -0.1) is 0 Å². The summed E-state index contributed by atoms with van der Waals surface area (Å²) in [5.74, 6) is 0.744. The molecule has 3 aliphatic rings. The smallest absolute Gasteiger partial charge is 0.236 e. The Morgan fingerprint density at radius 3 is 2.83 bits per heavy atom. The van der Waals surface area contributed by atoms with Gasteiger partial charge in [-0.05, 0) is 30.9 Å². The molecular weight excluding hydrogens is 392 g/mol. The van der Waals surface area contributed by atoms with Crippen LogP contribution in [0.25, 0.3) is 0 Å². The number of hydrogen-bond donors (Lipinski definition) is 1. The molecule has 0 radical (unpaired) electrons. The van der Waals surface area contributed by atoms with E-state index >= 15 is 0 Å². The van der Waals surface area contributed by atoms with E-state index in [0.29, 0.717) is 32.2 Å². The number of morpholine rings is 1. The van der Waals surface area contributed by atoms with E-state index in [4.69, 9.17) is 9.47 Å². The van der Waals surface area contributed by atoms with Crippen LogP contribution in [0.4, 0.5) is 5.69 Å². The molecule has 0 saturated carbocycles. The molecular formula is C20H30N4O4S. The van der Waals surface area contributed by atoms with Crippen LogP contribution in [0, 0.1) is 0 Å². The summed E-state index contributed by atoms with van der Waals surface area (Å²) in [5.41, 5.74) is 1.90. The summed E-state index contributed by atoms with van der Waals surface area (Å²) in [5, 5.41) is 3.23. The highest BCUT2D eigenvalue weighted by molar-refractivity contribution is 7.92. The molecule has 0 bridgehead atoms. The van der Waals surface area contributed by atoms with Crippen LogP contribution < -0.4 is 9.62 Å². The number of guanidine groups is 1. The molecule has 160 valence electrons. The molecule has 0 spiro atoms. The SMILES string of the molecule is CN=C(NCCS(=O)(=O)N1CCc2ccccc21)N1CCOC(C2CCCO2)C1. The molecule has 9 heteroatoms. The lowest BCUT2D eigenvalue weighted by atomic mass is 10.1. The number of anilines is 1. The maximum absolute atomic E-state index is 12.9. The van der Waals surface area contributed by atoms with Crippen LogP contribution in [0.1, 0.15) is 18.4 Å². The third kappa shape index (κ3) is 4.51. The predicted molar refractivity (Wildman–Crippen MR) is 113 cm³/mol. The highest BCUT2D eigenvalue weighted by Gasteiger charge is 2.33. The number of sulfonamides is 1. The zero-order valence-corrected chi connectivity index (χ0v) is 17.7. The summed E-state index contributed by atoms with van der Waals surface area (Å²) in [6.45, 7) is 3.69. The van der Waals surface area contributed by atoms with Crippen LogP contribution in [-0.4, -0.2) is 83.7 Å². The van der Waals surface area contributed by atoms with Gasteiger partial charge in [0.2, 0.25) is 10.0 Å². The molecule has 2 fully saturated rings. The zero-order chi connectivity index (χ0) is 20.3. The van der Waals surface area contributed by atoms with Crippen molar-refractivity contribution in [2.75, 3.05) is 56.5 Å². The largest absolute Gasteiger partial charge is 0.375 e. The first kappa shape index (κ1) is 20.4. The average Bonchev–Trinajstić information content (AvgIpc) is 3.41. The van der Waals surface area contributed by atoms with Gasteiger partial charge < -0.3 is 19.7 Å². The number of hydrogen-bond acceptors (Lipinski definition) is 5. The first-order chi connectivity index (χ1) is 14.1. The number of nitrogens with zero attached hydrogens (tertiary/aromatic N) is 3. The van der Waals surface area contributed by atoms with E-state index in [1.807, 2.05) is 24.3 Å². The van der Waals surface area contributed by atoms with Gasteiger partial charge in [0.25, 0.3) is 0 Å². The van der Waals surface area contributed by atoms with E-state index in [0.717, 1.165) is 43.7 Å². The van der Waals surface area contributed by atoms with Gasteiger partial charge in [-0.1, -0.05) is 18.2 Å². The topological polar surface area (TPSA) is 83.5 Å². The highest BCUT2D eigenvalue weighted by atomic mass is 32.2. The third-order valence-electron chi connectivity index (χ3n) is 5.81. The molecule has 4 rings (SSSR count). The van der Waals surface area contributed by atoms with Crippen molar-refractivity contribution in [3.63, 3.8) is 0 Å². The molecule has 1 N–H and O–H groups in total. The summed E-state index contributed by atoms with van der Waals surface area (Å²) >= 11 is 0. The Kier molecular flexibility index (Phi) is 6.26. The Labute approximate surface area is 172 Å². The standard InChI is InChI=1S/C20H30N4O4S/c1-21-20(23-11-13-28-19(15-23)18-7-4-12-27-18)22-9-14-29(25,26)24-10-8-16-5-2-3-6-17(16)24/h2-3,5-6,18-19H,4,7-15H2,1H3,(H,21,22). The minimum Gasteiger partial charge on any atom is -0.375 e. The van der Waals surface area contributed by atoms with Gasteiger partial charge in [0.1, 0.15) is 6.10 Å². The number of rotatable bonds is 5. The fraction of sp³-hybridized carbons (Fsp3) is 0.650. The van der Waals surface area contributed by atoms with Crippen LogP contribution in [0.5, 0.6) is 0 Å². The van der Waals surface area contributed by atoms with Crippen LogP contribution >= 0.6 is 0 Å². The Morgan fingerprint density at radius 2 is 2.03 bits per heavy atom. The normalized spacial score (nSPS) is 25.3. The molecule has 2 saturated heterocycles. The van der Waals surface area contributed by atoms with Crippen molar-refractivity contribution in [1.29, 1.82) is 0 Å². The second kappa shape index (κ2) is 8.89. The maximum Gasteiger partial charge on any atom is 0.236 e. The number of para-hydroxylation sites is 1. The predicted octanol–water partition coefficient (Wildman–Crippen LogP) is 0.834. The monoisotopic (exact) mass is 422 g/mol. The van der Waals surface area contributed by atoms with E-state index in [2.05, 4.69) is 15.2 Å². The Bertz CT molecular complexity index is 839. The first-order valence-electron chi connectivity index (χ1n) is 10.4. The van der Waals surface area contributed by atoms with E-state index in [1.165, 1.54) is 4.31 Å². The van der Waals surface area contributed by atoms with Gasteiger partial charge in [0, 0.05) is 39.8 Å². The van der Waals surface area contributed by atoms with Crippen LogP contribution in [0.3, 0.4) is 0 Å². The van der Waals surface area contributed by atoms with Gasteiger partial charge in [-0.2, -0.15) is 0 Å². The van der Waals surface area contributed by atoms with Crippen LogP contribution in [0.2, 0.25) is 0 Å². The van der Waals surface area contributed by atoms with Gasteiger partial charge in [-0.3, -0.25) is 9.30 Å². The maximum atomic E-state index is 12.9. The van der Waals surface area contributed by atoms with Crippen molar-refractivity contribution < 1.29 is 17.9 Å². The molecule has 3 aliphatic heterocycles. The van der Waals surface area contributed by atoms with Gasteiger partial charge >= 0.3 is 0 Å². The minimum atomic E-state index is -3.38. The molecule has 0 amide bonds. The molecule has 8 nitrogen and oxygen atoms in total. The van der Waals surface area contributed by atoms with E-state index in [9.17, 15) is 8.42 Å². The van der Waals surface area contributed by atoms with Gasteiger partial charge in [0.05, 0.1) is 24.2 Å². The Morgan fingerprint density at radius 1 is 1.21 bits per heavy atom. The second-order valence-corrected chi connectivity index (χ2v) is 9.66. The molecule has 29 heavy (non-hydrogen) atoms. The van der Waals surface area contributed by atoms with Crippen molar-refractivity contribution in [3.05, 3.63) is 29.8 Å². The number of ether oxygens (including phenoxy) is 2. The molecule has 2 atom stereocenters. The second-order valence-electron chi connectivity index (χ2n) is 7.65. The van der Waals surface area contributed by atoms with Crippen LogP contribution in [0.15, 0.2) is 29.3 Å². The molecule has 0 aromatic heterocycles. The Hall–Kier alpha value is -1.84. The zero-order valence-electron chi connectivity index (χ0n) is 16.9. The summed E-state index contributed by atoms with van der Waals surface area (Å²) < 4.78 is 38.9. The fourth-order valence-electron chi connectivity index (χ4n) is 4.32. The molecule has 1 aromatic carbocycles. The van der Waals surface area contributed by atoms with Gasteiger partial charge in [0.15, 0.2) is 5.96 Å². The van der Waals surface area contributed by atoms with E-state index in [-0.39, 0.29) is 18.0 Å². The summed E-state index contributed by atoms with van der Waals surface area (Å²) in [7, 11) is -1.65. The quantitative estimate of drug-likeness (QED) is 0.559. The lowest BCUT2D eigenvalue weighted by Crippen LogP contribution is -2.54. The van der Waals surface area contributed by atoms with Crippen LogP contribution in [-0.2, 0) is 25.9 Å². The third-order valence-corrected chi connectivity index (χ3v) is 7.58. The number of nitrogens with one attached hydrogen (secondary N) is 1. The highest BCUT2D eigenvalue weighted by Crippen LogP contribution is 2.29. The molecule has 1 aromatic rings. The molecule has 2 unspecified atom stereocenters. The van der Waals surface area contributed by atoms with E-state index in [1.54, 1.807) is 7.05 Å². The Balaban J connectivity index is 1.32. The number of aliphatic imine (C=N–C) groups is 1. The minimum absolute atomic E-state index is 0.0276. The van der Waals surface area contributed by atoms with Crippen molar-refractivity contribution in [3.8, 4) is 0 Å². The summed E-state index contributed by atoms with van der Waals surface area (Å²) in [6, 6.07) is 7.71. The molecule has 0 aliphatic carbocycles. The van der Waals surface area contributed by atoms with Crippen molar-refractivity contribution >= 4 is 21.7 Å². The van der Waals surface area contributed by atoms with E-state index < -0.39 is 10.0 Å².